The van der Waals surface area contributed by atoms with Gasteiger partial charge in [0.25, 0.3) is 0 Å². The Bertz CT molecular complexity index is 549. The van der Waals surface area contributed by atoms with Crippen LogP contribution in [0.3, 0.4) is 0 Å². The Morgan fingerprint density at radius 2 is 2.00 bits per heavy atom. The van der Waals surface area contributed by atoms with Gasteiger partial charge in [0.05, 0.1) is 5.52 Å². The molecule has 0 saturated heterocycles. The lowest BCUT2D eigenvalue weighted by Crippen LogP contribution is -2.19. The van der Waals surface area contributed by atoms with Crippen LogP contribution >= 0.6 is 0 Å². The molecule has 0 N–H and O–H groups in total. The minimum atomic E-state index is 0.694. The van der Waals surface area contributed by atoms with Crippen molar-refractivity contribution in [3.8, 4) is 5.75 Å². The summed E-state index contributed by atoms with van der Waals surface area (Å²) in [6.07, 6.45) is 0. The highest BCUT2D eigenvalue weighted by atomic mass is 16.5. The van der Waals surface area contributed by atoms with Gasteiger partial charge in [0.15, 0.2) is 0 Å². The van der Waals surface area contributed by atoms with Gasteiger partial charge in [0.2, 0.25) is 0 Å². The monoisotopic (exact) mass is 244 g/mol. The van der Waals surface area contributed by atoms with Gasteiger partial charge in [0, 0.05) is 23.7 Å². The van der Waals surface area contributed by atoms with Crippen LogP contribution < -0.4 is 4.74 Å². The van der Waals surface area contributed by atoms with Crippen LogP contribution in [0, 0.1) is 13.8 Å². The van der Waals surface area contributed by atoms with Gasteiger partial charge in [-0.25, -0.2) is 0 Å². The summed E-state index contributed by atoms with van der Waals surface area (Å²) in [5.41, 5.74) is 3.22. The van der Waals surface area contributed by atoms with Crippen LogP contribution in [0.4, 0.5) is 0 Å². The molecule has 18 heavy (non-hydrogen) atoms. The van der Waals surface area contributed by atoms with Crippen LogP contribution in [0.2, 0.25) is 0 Å². The maximum atomic E-state index is 5.88. The van der Waals surface area contributed by atoms with E-state index in [1.165, 1.54) is 5.56 Å². The summed E-state index contributed by atoms with van der Waals surface area (Å²) >= 11 is 0. The van der Waals surface area contributed by atoms with Gasteiger partial charge in [-0.1, -0.05) is 12.1 Å². The van der Waals surface area contributed by atoms with Gasteiger partial charge in [0.1, 0.15) is 12.4 Å². The van der Waals surface area contributed by atoms with Crippen molar-refractivity contribution < 1.29 is 4.74 Å². The quantitative estimate of drug-likeness (QED) is 0.827. The van der Waals surface area contributed by atoms with Crippen molar-refractivity contribution in [2.24, 2.45) is 0 Å². The Kier molecular flexibility index (Phi) is 3.82. The molecule has 1 heterocycles. The van der Waals surface area contributed by atoms with E-state index < -0.39 is 0 Å². The number of hydrogen-bond acceptors (Lipinski definition) is 3. The van der Waals surface area contributed by atoms with Crippen molar-refractivity contribution >= 4 is 10.9 Å². The predicted octanol–water partition coefficient (Wildman–Crippen LogP) is 2.79. The van der Waals surface area contributed by atoms with Gasteiger partial charge < -0.3 is 9.64 Å². The van der Waals surface area contributed by atoms with Gasteiger partial charge in [-0.3, -0.25) is 4.98 Å². The molecule has 0 unspecified atom stereocenters. The van der Waals surface area contributed by atoms with E-state index in [0.29, 0.717) is 6.61 Å². The van der Waals surface area contributed by atoms with E-state index >= 15 is 0 Å². The number of nitrogens with zero attached hydrogens (tertiary/aromatic N) is 2. The molecule has 96 valence electrons. The molecule has 3 nitrogen and oxygen atoms in total. The third kappa shape index (κ3) is 2.79. The standard InChI is InChI=1S/C15H20N2O/c1-11-6-5-7-13-14(18-9-8-17(3)4)10-12(2)16-15(11)13/h5-7,10H,8-9H2,1-4H3. The fourth-order valence-corrected chi connectivity index (χ4v) is 1.94. The van der Waals surface area contributed by atoms with Crippen LogP contribution in [-0.4, -0.2) is 37.1 Å². The highest BCUT2D eigenvalue weighted by Crippen LogP contribution is 2.27. The average molecular weight is 244 g/mol. The van der Waals surface area contributed by atoms with Crippen molar-refractivity contribution in [2.45, 2.75) is 13.8 Å². The van der Waals surface area contributed by atoms with Crippen LogP contribution in [-0.2, 0) is 0 Å². The number of para-hydroxylation sites is 1. The highest BCUT2D eigenvalue weighted by molar-refractivity contribution is 5.87. The lowest BCUT2D eigenvalue weighted by Gasteiger charge is -2.13. The SMILES string of the molecule is Cc1cc(OCCN(C)C)c2cccc(C)c2n1. The normalized spacial score (nSPS) is 11.2. The number of aryl methyl sites for hydroxylation is 2. The summed E-state index contributed by atoms with van der Waals surface area (Å²) in [7, 11) is 4.09. The summed E-state index contributed by atoms with van der Waals surface area (Å²) in [6, 6.07) is 8.21. The molecule has 0 fully saturated rings. The molecule has 0 spiro atoms. The number of likely N-dealkylation sites (N-methyl/N-ethyl adjacent to an activating group) is 1. The van der Waals surface area contributed by atoms with Crippen LogP contribution in [0.25, 0.3) is 10.9 Å². The van der Waals surface area contributed by atoms with E-state index in [0.717, 1.165) is 28.9 Å². The van der Waals surface area contributed by atoms with E-state index in [1.807, 2.05) is 33.2 Å². The Morgan fingerprint density at radius 3 is 2.72 bits per heavy atom. The maximum Gasteiger partial charge on any atom is 0.130 e. The van der Waals surface area contributed by atoms with Crippen molar-refractivity contribution in [3.05, 3.63) is 35.5 Å². The minimum absolute atomic E-state index is 0.694. The number of aromatic nitrogens is 1. The molecular formula is C15H20N2O. The number of pyridine rings is 1. The Balaban J connectivity index is 2.34. The molecule has 0 saturated carbocycles. The number of fused-ring (bicyclic) bond motifs is 1. The number of benzene rings is 1. The molecule has 0 bridgehead atoms. The molecule has 0 aliphatic rings. The lowest BCUT2D eigenvalue weighted by molar-refractivity contribution is 0.263. The first-order valence-electron chi connectivity index (χ1n) is 6.22. The fourth-order valence-electron chi connectivity index (χ4n) is 1.94. The average Bonchev–Trinajstić information content (AvgIpc) is 2.30. The third-order valence-corrected chi connectivity index (χ3v) is 2.93. The van der Waals surface area contributed by atoms with Crippen molar-refractivity contribution in [1.29, 1.82) is 0 Å². The molecule has 1 aromatic carbocycles. The first kappa shape index (κ1) is 12.8. The van der Waals surface area contributed by atoms with Crippen LogP contribution in [0.5, 0.6) is 5.75 Å². The summed E-state index contributed by atoms with van der Waals surface area (Å²) in [5.74, 6) is 0.933. The van der Waals surface area contributed by atoms with Crippen LogP contribution in [0.1, 0.15) is 11.3 Å². The predicted molar refractivity (Wildman–Crippen MR) is 75.3 cm³/mol. The highest BCUT2D eigenvalue weighted by Gasteiger charge is 2.07. The fraction of sp³-hybridized carbons (Fsp3) is 0.400. The zero-order valence-corrected chi connectivity index (χ0v) is 11.5. The van der Waals surface area contributed by atoms with Gasteiger partial charge in [-0.2, -0.15) is 0 Å². The zero-order valence-electron chi connectivity index (χ0n) is 11.5. The number of rotatable bonds is 4. The largest absolute Gasteiger partial charge is 0.491 e. The second-order valence-electron chi connectivity index (χ2n) is 4.88. The summed E-state index contributed by atoms with van der Waals surface area (Å²) in [5, 5.41) is 1.10. The van der Waals surface area contributed by atoms with E-state index in [1.54, 1.807) is 0 Å². The van der Waals surface area contributed by atoms with E-state index in [2.05, 4.69) is 28.9 Å². The number of ether oxygens (including phenoxy) is 1. The molecule has 0 amide bonds. The molecule has 0 radical (unpaired) electrons. The Labute approximate surface area is 108 Å². The van der Waals surface area contributed by atoms with Crippen molar-refractivity contribution in [1.82, 2.24) is 9.88 Å². The smallest absolute Gasteiger partial charge is 0.130 e. The van der Waals surface area contributed by atoms with E-state index in [4.69, 9.17) is 4.74 Å². The van der Waals surface area contributed by atoms with E-state index in [9.17, 15) is 0 Å². The third-order valence-electron chi connectivity index (χ3n) is 2.93. The molecule has 2 aromatic rings. The topological polar surface area (TPSA) is 25.4 Å². The molecule has 0 aliphatic heterocycles. The number of hydrogen-bond donors (Lipinski definition) is 0. The molecule has 3 heteroatoms. The zero-order chi connectivity index (χ0) is 13.1. The lowest BCUT2D eigenvalue weighted by atomic mass is 10.1. The van der Waals surface area contributed by atoms with Gasteiger partial charge in [-0.15, -0.1) is 0 Å². The second-order valence-corrected chi connectivity index (χ2v) is 4.88. The second kappa shape index (κ2) is 5.36. The van der Waals surface area contributed by atoms with Gasteiger partial charge >= 0.3 is 0 Å². The maximum absolute atomic E-state index is 5.88. The summed E-state index contributed by atoms with van der Waals surface area (Å²) in [4.78, 5) is 6.70. The molecule has 0 atom stereocenters. The molecular weight excluding hydrogens is 224 g/mol. The first-order chi connectivity index (χ1) is 8.58. The molecule has 2 rings (SSSR count). The molecule has 1 aromatic heterocycles. The van der Waals surface area contributed by atoms with Gasteiger partial charge in [-0.05, 0) is 39.6 Å². The Hall–Kier alpha value is -1.61. The minimum Gasteiger partial charge on any atom is -0.491 e. The van der Waals surface area contributed by atoms with Crippen molar-refractivity contribution in [3.63, 3.8) is 0 Å². The summed E-state index contributed by atoms with van der Waals surface area (Å²) in [6.45, 7) is 5.69. The Morgan fingerprint density at radius 1 is 1.22 bits per heavy atom. The first-order valence-corrected chi connectivity index (χ1v) is 6.22. The van der Waals surface area contributed by atoms with Crippen molar-refractivity contribution in [2.75, 3.05) is 27.2 Å². The van der Waals surface area contributed by atoms with Crippen LogP contribution in [0.15, 0.2) is 24.3 Å². The molecule has 0 aliphatic carbocycles. The summed E-state index contributed by atoms with van der Waals surface area (Å²) < 4.78 is 5.88. The van der Waals surface area contributed by atoms with E-state index in [-0.39, 0.29) is 0 Å².